The minimum absolute atomic E-state index is 0.431. The van der Waals surface area contributed by atoms with E-state index in [0.717, 1.165) is 12.4 Å². The van der Waals surface area contributed by atoms with Gasteiger partial charge in [0.2, 0.25) is 6.41 Å². The third kappa shape index (κ3) is 4.81. The lowest BCUT2D eigenvalue weighted by molar-refractivity contribution is -0.109. The first kappa shape index (κ1) is 5.81. The summed E-state index contributed by atoms with van der Waals surface area (Å²) in [6, 6.07) is 0. The molecule has 0 bridgehead atoms. The summed E-state index contributed by atoms with van der Waals surface area (Å²) in [5, 5.41) is 9.57. The van der Waals surface area contributed by atoms with E-state index < -0.39 is 0 Å². The summed E-state index contributed by atoms with van der Waals surface area (Å²) in [5.41, 5.74) is 1.99. The first-order valence-corrected chi connectivity index (χ1v) is 1.63. The normalized spacial score (nSPS) is 8.57. The number of amides is 1. The lowest BCUT2D eigenvalue weighted by atomic mass is 10.8. The van der Waals surface area contributed by atoms with Gasteiger partial charge in [0.15, 0.2) is 0 Å². The van der Waals surface area contributed by atoms with Crippen LogP contribution in [0.1, 0.15) is 0 Å². The third-order valence-corrected chi connectivity index (χ3v) is 0.276. The van der Waals surface area contributed by atoms with Gasteiger partial charge in [-0.3, -0.25) is 4.79 Å². The molecule has 7 heavy (non-hydrogen) atoms. The van der Waals surface area contributed by atoms with Crippen LogP contribution in [-0.4, -0.2) is 18.8 Å². The van der Waals surface area contributed by atoms with E-state index in [1.54, 1.807) is 0 Å². The van der Waals surface area contributed by atoms with Gasteiger partial charge in [-0.25, -0.2) is 5.43 Å². The van der Waals surface area contributed by atoms with E-state index in [4.69, 9.17) is 5.41 Å². The van der Waals surface area contributed by atoms with Gasteiger partial charge in [0, 0.05) is 6.21 Å². The van der Waals surface area contributed by atoms with E-state index >= 15 is 0 Å². The second kappa shape index (κ2) is 4.81. The van der Waals surface area contributed by atoms with Crippen molar-refractivity contribution in [2.45, 2.75) is 0 Å². The lowest BCUT2D eigenvalue weighted by Crippen LogP contribution is -1.99. The topological polar surface area (TPSA) is 65.3 Å². The van der Waals surface area contributed by atoms with Crippen molar-refractivity contribution in [1.29, 1.82) is 5.41 Å². The molecule has 0 saturated heterocycles. The molecule has 0 aromatic heterocycles. The molecule has 4 nitrogen and oxygen atoms in total. The highest BCUT2D eigenvalue weighted by Crippen LogP contribution is 1.43. The van der Waals surface area contributed by atoms with Gasteiger partial charge in [0.25, 0.3) is 0 Å². The lowest BCUT2D eigenvalue weighted by Gasteiger charge is -1.75. The Labute approximate surface area is 40.7 Å². The molecule has 0 aliphatic heterocycles. The predicted octanol–water partition coefficient (Wildman–Crippen LogP) is -0.632. The Balaban J connectivity index is 3.08. The van der Waals surface area contributed by atoms with Crippen molar-refractivity contribution in [1.82, 2.24) is 5.43 Å². The standard InChI is InChI=1S/C3H5N3O/c4-1-2-5-6-3-7/h1-4H,(H,6,7)/b4-1?,5-2-. The number of rotatable bonds is 3. The SMILES string of the molecule is N=C/C=N\NC=O. The van der Waals surface area contributed by atoms with Crippen molar-refractivity contribution in [3.8, 4) is 0 Å². The number of carbonyl (C=O) groups excluding carboxylic acids is 1. The van der Waals surface area contributed by atoms with Gasteiger partial charge in [-0.05, 0) is 0 Å². The highest BCUT2D eigenvalue weighted by Gasteiger charge is 1.59. The molecule has 0 rings (SSSR count). The van der Waals surface area contributed by atoms with Crippen molar-refractivity contribution in [3.05, 3.63) is 0 Å². The highest BCUT2D eigenvalue weighted by atomic mass is 16.1. The van der Waals surface area contributed by atoms with Gasteiger partial charge in [-0.15, -0.1) is 0 Å². The fourth-order valence-corrected chi connectivity index (χ4v) is 0.111. The number of nitrogens with zero attached hydrogens (tertiary/aromatic N) is 1. The fraction of sp³-hybridized carbons (Fsp3) is 0. The molecule has 4 heteroatoms. The number of hydrogen-bond acceptors (Lipinski definition) is 3. The summed E-state index contributed by atoms with van der Waals surface area (Å²) in [4.78, 5) is 9.38. The number of hydrazone groups is 1. The maximum absolute atomic E-state index is 9.38. The maximum Gasteiger partial charge on any atom is 0.227 e. The molecule has 1 amide bonds. The van der Waals surface area contributed by atoms with Gasteiger partial charge >= 0.3 is 0 Å². The molecule has 0 aliphatic carbocycles. The van der Waals surface area contributed by atoms with Crippen LogP contribution in [0.4, 0.5) is 0 Å². The number of nitrogens with one attached hydrogen (secondary N) is 2. The Bertz CT molecular complexity index is 88.2. The Morgan fingerprint density at radius 3 is 2.86 bits per heavy atom. The van der Waals surface area contributed by atoms with Gasteiger partial charge in [-0.2, -0.15) is 5.10 Å². The molecular formula is C3H5N3O. The highest BCUT2D eigenvalue weighted by molar-refractivity contribution is 6.14. The van der Waals surface area contributed by atoms with Crippen molar-refractivity contribution in [2.75, 3.05) is 0 Å². The first-order valence-electron chi connectivity index (χ1n) is 1.63. The number of carbonyl (C=O) groups is 1. The van der Waals surface area contributed by atoms with Crippen molar-refractivity contribution >= 4 is 18.8 Å². The summed E-state index contributed by atoms with van der Waals surface area (Å²) in [7, 11) is 0. The quantitative estimate of drug-likeness (QED) is 0.276. The second-order valence-corrected chi connectivity index (χ2v) is 0.692. The molecule has 0 spiro atoms. The molecule has 0 aromatic carbocycles. The number of hydrogen-bond donors (Lipinski definition) is 2. The average Bonchev–Trinajstić information content (AvgIpc) is 1.69. The fourth-order valence-electron chi connectivity index (χ4n) is 0.111. The zero-order valence-electron chi connectivity index (χ0n) is 3.59. The van der Waals surface area contributed by atoms with Crippen molar-refractivity contribution < 1.29 is 4.79 Å². The van der Waals surface area contributed by atoms with Crippen LogP contribution in [0.15, 0.2) is 5.10 Å². The third-order valence-electron chi connectivity index (χ3n) is 0.276. The van der Waals surface area contributed by atoms with Gasteiger partial charge in [0.05, 0.1) is 6.21 Å². The summed E-state index contributed by atoms with van der Waals surface area (Å²) in [6.07, 6.45) is 2.56. The zero-order valence-corrected chi connectivity index (χ0v) is 3.59. The largest absolute Gasteiger partial charge is 0.307 e. The van der Waals surface area contributed by atoms with E-state index in [0.29, 0.717) is 6.41 Å². The Kier molecular flexibility index (Phi) is 3.99. The minimum atomic E-state index is 0.431. The van der Waals surface area contributed by atoms with E-state index in [1.807, 2.05) is 5.43 Å². The van der Waals surface area contributed by atoms with Crippen LogP contribution in [0, 0.1) is 5.41 Å². The van der Waals surface area contributed by atoms with Gasteiger partial charge in [0.1, 0.15) is 0 Å². The molecule has 0 radical (unpaired) electrons. The van der Waals surface area contributed by atoms with Crippen molar-refractivity contribution in [3.63, 3.8) is 0 Å². The Morgan fingerprint density at radius 1 is 1.71 bits per heavy atom. The van der Waals surface area contributed by atoms with E-state index in [9.17, 15) is 4.79 Å². The molecule has 2 N–H and O–H groups in total. The minimum Gasteiger partial charge on any atom is -0.307 e. The van der Waals surface area contributed by atoms with Crippen LogP contribution in [0.25, 0.3) is 0 Å². The van der Waals surface area contributed by atoms with Crippen LogP contribution < -0.4 is 5.43 Å². The summed E-state index contributed by atoms with van der Waals surface area (Å²) in [5.74, 6) is 0. The summed E-state index contributed by atoms with van der Waals surface area (Å²) < 4.78 is 0. The van der Waals surface area contributed by atoms with Crippen LogP contribution in [-0.2, 0) is 4.79 Å². The predicted molar refractivity (Wildman–Crippen MR) is 26.5 cm³/mol. The van der Waals surface area contributed by atoms with E-state index in [1.165, 1.54) is 0 Å². The molecule has 0 aromatic rings. The zero-order chi connectivity index (χ0) is 5.54. The van der Waals surface area contributed by atoms with Crippen LogP contribution in [0.2, 0.25) is 0 Å². The molecule has 0 atom stereocenters. The summed E-state index contributed by atoms with van der Waals surface area (Å²) >= 11 is 0. The van der Waals surface area contributed by atoms with E-state index in [2.05, 4.69) is 5.10 Å². The van der Waals surface area contributed by atoms with Gasteiger partial charge in [-0.1, -0.05) is 0 Å². The van der Waals surface area contributed by atoms with Gasteiger partial charge < -0.3 is 5.41 Å². The molecule has 0 aliphatic rings. The molecule has 0 saturated carbocycles. The molecule has 0 unspecified atom stereocenters. The van der Waals surface area contributed by atoms with Crippen LogP contribution in [0.3, 0.4) is 0 Å². The van der Waals surface area contributed by atoms with Crippen molar-refractivity contribution in [2.24, 2.45) is 5.10 Å². The first-order chi connectivity index (χ1) is 3.41. The molecule has 0 fully saturated rings. The summed E-state index contributed by atoms with van der Waals surface area (Å²) in [6.45, 7) is 0. The Morgan fingerprint density at radius 2 is 2.43 bits per heavy atom. The second-order valence-electron chi connectivity index (χ2n) is 0.692. The monoisotopic (exact) mass is 99.0 g/mol. The molecular weight excluding hydrogens is 94.1 g/mol. The molecule has 38 valence electrons. The maximum atomic E-state index is 9.38. The smallest absolute Gasteiger partial charge is 0.227 e. The Hall–Kier alpha value is -1.19. The van der Waals surface area contributed by atoms with Crippen LogP contribution in [0.5, 0.6) is 0 Å². The average molecular weight is 99.1 g/mol. The molecule has 0 heterocycles. The van der Waals surface area contributed by atoms with E-state index in [-0.39, 0.29) is 0 Å². The van der Waals surface area contributed by atoms with Crippen LogP contribution >= 0.6 is 0 Å².